The first-order chi connectivity index (χ1) is 9.90. The van der Waals surface area contributed by atoms with E-state index >= 15 is 0 Å². The molecule has 0 saturated carbocycles. The second kappa shape index (κ2) is 5.57. The van der Waals surface area contributed by atoms with Gasteiger partial charge in [0.15, 0.2) is 5.82 Å². The molecule has 2 rings (SSSR count). The number of nitrogens with zero attached hydrogens (tertiary/aromatic N) is 4. The predicted molar refractivity (Wildman–Crippen MR) is 70.1 cm³/mol. The molecule has 0 fully saturated rings. The van der Waals surface area contributed by atoms with Gasteiger partial charge in [-0.05, 0) is 13.0 Å². The lowest BCUT2D eigenvalue weighted by Crippen LogP contribution is -2.08. The number of carboxylic acids is 1. The third-order valence-electron chi connectivity index (χ3n) is 2.94. The molecule has 9 nitrogen and oxygen atoms in total. The van der Waals surface area contributed by atoms with E-state index in [-0.39, 0.29) is 23.6 Å². The molecule has 1 heterocycles. The molecule has 1 N–H and O–H groups in total. The quantitative estimate of drug-likeness (QED) is 0.651. The van der Waals surface area contributed by atoms with Crippen LogP contribution in [0, 0.1) is 17.0 Å². The van der Waals surface area contributed by atoms with Crippen LogP contribution in [0.3, 0.4) is 0 Å². The molecule has 1 aromatic carbocycles. The number of hydrogen-bond donors (Lipinski definition) is 1. The summed E-state index contributed by atoms with van der Waals surface area (Å²) in [5.74, 6) is -0.0606. The summed E-state index contributed by atoms with van der Waals surface area (Å²) in [6, 6.07) is 3.40. The van der Waals surface area contributed by atoms with Crippen molar-refractivity contribution in [1.29, 1.82) is 0 Å². The number of nitro groups is 1. The van der Waals surface area contributed by atoms with Crippen molar-refractivity contribution in [3.05, 3.63) is 45.5 Å². The largest absolute Gasteiger partial charge is 0.485 e. The molecule has 0 bridgehead atoms. The monoisotopic (exact) mass is 292 g/mol. The molecule has 0 aliphatic carbocycles. The first-order valence-corrected chi connectivity index (χ1v) is 5.89. The zero-order valence-corrected chi connectivity index (χ0v) is 11.3. The van der Waals surface area contributed by atoms with E-state index in [1.165, 1.54) is 12.1 Å². The van der Waals surface area contributed by atoms with Gasteiger partial charge in [-0.15, -0.1) is 10.2 Å². The Kier molecular flexibility index (Phi) is 3.83. The Hall–Kier alpha value is -2.97. The van der Waals surface area contributed by atoms with Crippen LogP contribution in [0.1, 0.15) is 22.0 Å². The highest BCUT2D eigenvalue weighted by Gasteiger charge is 2.17. The van der Waals surface area contributed by atoms with Crippen molar-refractivity contribution in [3.8, 4) is 5.75 Å². The van der Waals surface area contributed by atoms with Crippen LogP contribution in [0.25, 0.3) is 0 Å². The minimum atomic E-state index is -1.30. The van der Waals surface area contributed by atoms with Crippen molar-refractivity contribution in [2.45, 2.75) is 13.5 Å². The van der Waals surface area contributed by atoms with Crippen LogP contribution in [-0.2, 0) is 13.7 Å². The molecule has 9 heteroatoms. The molecule has 0 atom stereocenters. The number of carbonyl (C=O) groups is 1. The summed E-state index contributed by atoms with van der Waals surface area (Å²) in [6.07, 6.45) is 0. The van der Waals surface area contributed by atoms with E-state index in [9.17, 15) is 14.9 Å². The lowest BCUT2D eigenvalue weighted by molar-refractivity contribution is -0.384. The minimum absolute atomic E-state index is 0.00936. The van der Waals surface area contributed by atoms with Crippen molar-refractivity contribution in [2.24, 2.45) is 7.05 Å². The van der Waals surface area contributed by atoms with E-state index in [1.54, 1.807) is 18.5 Å². The third kappa shape index (κ3) is 2.96. The first-order valence-electron chi connectivity index (χ1n) is 5.89. The Balaban J connectivity index is 2.25. The van der Waals surface area contributed by atoms with E-state index in [0.717, 1.165) is 6.07 Å². The Morgan fingerprint density at radius 1 is 1.48 bits per heavy atom. The molecular weight excluding hydrogens is 280 g/mol. The van der Waals surface area contributed by atoms with Gasteiger partial charge in [-0.2, -0.15) is 0 Å². The maximum atomic E-state index is 11.1. The standard InChI is InChI=1S/C12H12N4O5/c1-7-13-14-11(15(7)2)6-21-10-4-3-8(16(19)20)5-9(10)12(17)18/h3-5H,6H2,1-2H3,(H,17,18). The van der Waals surface area contributed by atoms with Gasteiger partial charge in [-0.3, -0.25) is 10.1 Å². The second-order valence-corrected chi connectivity index (χ2v) is 4.25. The van der Waals surface area contributed by atoms with Crippen LogP contribution < -0.4 is 4.74 Å². The Morgan fingerprint density at radius 2 is 2.19 bits per heavy atom. The van der Waals surface area contributed by atoms with Crippen LogP contribution in [0.4, 0.5) is 5.69 Å². The van der Waals surface area contributed by atoms with Gasteiger partial charge >= 0.3 is 5.97 Å². The van der Waals surface area contributed by atoms with Gasteiger partial charge in [0.05, 0.1) is 4.92 Å². The zero-order chi connectivity index (χ0) is 15.6. The van der Waals surface area contributed by atoms with Crippen LogP contribution in [0.5, 0.6) is 5.75 Å². The fourth-order valence-electron chi connectivity index (χ4n) is 1.64. The Morgan fingerprint density at radius 3 is 2.71 bits per heavy atom. The number of carboxylic acid groups (broad SMARTS) is 1. The number of non-ortho nitro benzene ring substituents is 1. The van der Waals surface area contributed by atoms with Gasteiger partial charge in [-0.25, -0.2) is 4.79 Å². The van der Waals surface area contributed by atoms with E-state index in [2.05, 4.69) is 10.2 Å². The third-order valence-corrected chi connectivity index (χ3v) is 2.94. The summed E-state index contributed by atoms with van der Waals surface area (Å²) < 4.78 is 7.09. The molecule has 110 valence electrons. The first kappa shape index (κ1) is 14.4. The molecule has 1 aromatic heterocycles. The van der Waals surface area contributed by atoms with Crippen molar-refractivity contribution in [2.75, 3.05) is 0 Å². The fourth-order valence-corrected chi connectivity index (χ4v) is 1.64. The highest BCUT2D eigenvalue weighted by Crippen LogP contribution is 2.25. The molecule has 21 heavy (non-hydrogen) atoms. The van der Waals surface area contributed by atoms with Crippen LogP contribution >= 0.6 is 0 Å². The summed E-state index contributed by atoms with van der Waals surface area (Å²) in [4.78, 5) is 21.1. The molecule has 0 unspecified atom stereocenters. The Labute approximate surface area is 118 Å². The highest BCUT2D eigenvalue weighted by atomic mass is 16.6. The minimum Gasteiger partial charge on any atom is -0.485 e. The molecule has 0 spiro atoms. The maximum Gasteiger partial charge on any atom is 0.339 e. The topological polar surface area (TPSA) is 120 Å². The summed E-state index contributed by atoms with van der Waals surface area (Å²) in [6.45, 7) is 1.78. The SMILES string of the molecule is Cc1nnc(COc2ccc([N+](=O)[O-])cc2C(=O)O)n1C. The van der Waals surface area contributed by atoms with E-state index < -0.39 is 10.9 Å². The molecule has 0 radical (unpaired) electrons. The van der Waals surface area contributed by atoms with Gasteiger partial charge in [0.1, 0.15) is 23.7 Å². The molecule has 2 aromatic rings. The van der Waals surface area contributed by atoms with E-state index in [0.29, 0.717) is 11.6 Å². The molecule has 0 aliphatic rings. The Bertz CT molecular complexity index is 710. The number of nitro benzene ring substituents is 1. The van der Waals surface area contributed by atoms with Gasteiger partial charge in [-0.1, -0.05) is 0 Å². The lowest BCUT2D eigenvalue weighted by Gasteiger charge is -2.08. The van der Waals surface area contributed by atoms with E-state index in [4.69, 9.17) is 9.84 Å². The number of aromatic nitrogens is 3. The van der Waals surface area contributed by atoms with Crippen molar-refractivity contribution in [1.82, 2.24) is 14.8 Å². The molecule has 0 amide bonds. The van der Waals surface area contributed by atoms with Crippen LogP contribution in [-0.4, -0.2) is 30.8 Å². The number of benzene rings is 1. The number of rotatable bonds is 5. The van der Waals surface area contributed by atoms with Gasteiger partial charge in [0, 0.05) is 19.2 Å². The average Bonchev–Trinajstić information content (AvgIpc) is 2.76. The van der Waals surface area contributed by atoms with Crippen LogP contribution in [0.15, 0.2) is 18.2 Å². The molecular formula is C12H12N4O5. The maximum absolute atomic E-state index is 11.1. The second-order valence-electron chi connectivity index (χ2n) is 4.25. The smallest absolute Gasteiger partial charge is 0.339 e. The normalized spacial score (nSPS) is 10.4. The average molecular weight is 292 g/mol. The molecule has 0 saturated heterocycles. The fraction of sp³-hybridized carbons (Fsp3) is 0.250. The zero-order valence-electron chi connectivity index (χ0n) is 11.3. The molecule has 0 aliphatic heterocycles. The number of aromatic carboxylic acids is 1. The van der Waals surface area contributed by atoms with Crippen LogP contribution in [0.2, 0.25) is 0 Å². The predicted octanol–water partition coefficient (Wildman–Crippen LogP) is 1.31. The van der Waals surface area contributed by atoms with Crippen molar-refractivity contribution >= 4 is 11.7 Å². The van der Waals surface area contributed by atoms with Gasteiger partial charge in [0.2, 0.25) is 0 Å². The van der Waals surface area contributed by atoms with Crippen molar-refractivity contribution < 1.29 is 19.6 Å². The summed E-state index contributed by atoms with van der Waals surface area (Å²) in [5.41, 5.74) is -0.586. The summed E-state index contributed by atoms with van der Waals surface area (Å²) in [7, 11) is 1.75. The lowest BCUT2D eigenvalue weighted by atomic mass is 10.2. The number of aryl methyl sites for hydroxylation is 1. The number of ether oxygens (including phenoxy) is 1. The number of hydrogen-bond acceptors (Lipinski definition) is 6. The van der Waals surface area contributed by atoms with Gasteiger partial charge in [0.25, 0.3) is 5.69 Å². The summed E-state index contributed by atoms with van der Waals surface area (Å²) in [5, 5.41) is 27.5. The van der Waals surface area contributed by atoms with Crippen molar-refractivity contribution in [3.63, 3.8) is 0 Å². The van der Waals surface area contributed by atoms with Gasteiger partial charge < -0.3 is 14.4 Å². The van der Waals surface area contributed by atoms with E-state index in [1.807, 2.05) is 0 Å². The highest BCUT2D eigenvalue weighted by molar-refractivity contribution is 5.91. The summed E-state index contributed by atoms with van der Waals surface area (Å²) >= 11 is 0.